The molecule has 6 heteroatoms. The second kappa shape index (κ2) is 6.28. The summed E-state index contributed by atoms with van der Waals surface area (Å²) in [4.78, 5) is 22.8. The van der Waals surface area contributed by atoms with Gasteiger partial charge in [0.1, 0.15) is 17.5 Å². The first kappa shape index (κ1) is 15.5. The van der Waals surface area contributed by atoms with Gasteiger partial charge in [0.15, 0.2) is 0 Å². The molecule has 116 valence electrons. The van der Waals surface area contributed by atoms with Gasteiger partial charge in [-0.2, -0.15) is 0 Å². The Morgan fingerprint density at radius 1 is 1.48 bits per heavy atom. The van der Waals surface area contributed by atoms with Gasteiger partial charge >= 0.3 is 0 Å². The molecular formula is C15H25N5O. The molecule has 1 amide bonds. The van der Waals surface area contributed by atoms with Gasteiger partial charge in [0.25, 0.3) is 0 Å². The molecule has 1 saturated heterocycles. The van der Waals surface area contributed by atoms with E-state index in [-0.39, 0.29) is 5.91 Å². The molecular weight excluding hydrogens is 266 g/mol. The number of amides is 1. The molecule has 3 N–H and O–H groups in total. The molecule has 0 spiro atoms. The average Bonchev–Trinajstić information content (AvgIpc) is 2.89. The Hall–Kier alpha value is -1.85. The maximum absolute atomic E-state index is 11.6. The fourth-order valence-electron chi connectivity index (χ4n) is 2.50. The van der Waals surface area contributed by atoms with Crippen LogP contribution in [0.4, 0.5) is 11.6 Å². The number of nitrogens with two attached hydrogens (primary N) is 1. The highest BCUT2D eigenvalue weighted by Crippen LogP contribution is 2.32. The molecule has 1 atom stereocenters. The van der Waals surface area contributed by atoms with Gasteiger partial charge in [-0.25, -0.2) is 9.97 Å². The van der Waals surface area contributed by atoms with Crippen molar-refractivity contribution in [3.05, 3.63) is 11.9 Å². The fourth-order valence-corrected chi connectivity index (χ4v) is 2.50. The molecule has 0 aliphatic carbocycles. The highest BCUT2D eigenvalue weighted by Gasteiger charge is 2.39. The summed E-state index contributed by atoms with van der Waals surface area (Å²) in [5.74, 6) is 2.31. The number of hydrogen-bond acceptors (Lipinski definition) is 5. The molecule has 2 rings (SSSR count). The molecule has 0 radical (unpaired) electrons. The van der Waals surface area contributed by atoms with Crippen molar-refractivity contribution in [2.75, 3.05) is 29.9 Å². The molecule has 2 heterocycles. The van der Waals surface area contributed by atoms with E-state index >= 15 is 0 Å². The number of nitrogens with one attached hydrogen (secondary N) is 1. The number of carbonyl (C=O) groups excluding carboxylic acids is 1. The molecule has 0 bridgehead atoms. The zero-order valence-corrected chi connectivity index (χ0v) is 13.1. The Morgan fingerprint density at radius 2 is 2.24 bits per heavy atom. The predicted octanol–water partition coefficient (Wildman–Crippen LogP) is 1.56. The van der Waals surface area contributed by atoms with Gasteiger partial charge < -0.3 is 16.0 Å². The van der Waals surface area contributed by atoms with E-state index in [0.29, 0.717) is 6.54 Å². The van der Waals surface area contributed by atoms with Gasteiger partial charge in [-0.05, 0) is 19.8 Å². The normalized spacial score (nSPS) is 21.6. The Bertz CT molecular complexity index is 519. The quantitative estimate of drug-likeness (QED) is 0.831. The van der Waals surface area contributed by atoms with Crippen molar-refractivity contribution in [1.29, 1.82) is 0 Å². The predicted molar refractivity (Wildman–Crippen MR) is 84.3 cm³/mol. The Balaban J connectivity index is 2.21. The third-order valence-electron chi connectivity index (χ3n) is 4.02. The van der Waals surface area contributed by atoms with E-state index < -0.39 is 5.41 Å². The van der Waals surface area contributed by atoms with Crippen molar-refractivity contribution >= 4 is 17.5 Å². The molecule has 1 aromatic heterocycles. The maximum Gasteiger partial charge on any atom is 0.225 e. The van der Waals surface area contributed by atoms with Gasteiger partial charge in [0.2, 0.25) is 5.91 Å². The number of aryl methyl sites for hydroxylation is 1. The van der Waals surface area contributed by atoms with Crippen LogP contribution in [0.5, 0.6) is 0 Å². The zero-order chi connectivity index (χ0) is 15.5. The molecule has 1 aromatic rings. The van der Waals surface area contributed by atoms with Crippen LogP contribution in [0.25, 0.3) is 0 Å². The van der Waals surface area contributed by atoms with E-state index in [0.717, 1.165) is 49.8 Å². The second-order valence-electron chi connectivity index (χ2n) is 5.90. The van der Waals surface area contributed by atoms with Crippen molar-refractivity contribution in [3.63, 3.8) is 0 Å². The number of anilines is 2. The lowest BCUT2D eigenvalue weighted by molar-refractivity contribution is -0.125. The fraction of sp³-hybridized carbons (Fsp3) is 0.667. The van der Waals surface area contributed by atoms with Crippen molar-refractivity contribution in [2.24, 2.45) is 11.1 Å². The van der Waals surface area contributed by atoms with Gasteiger partial charge in [-0.3, -0.25) is 4.79 Å². The number of carbonyl (C=O) groups is 1. The monoisotopic (exact) mass is 291 g/mol. The van der Waals surface area contributed by atoms with Crippen LogP contribution in [-0.4, -0.2) is 35.5 Å². The summed E-state index contributed by atoms with van der Waals surface area (Å²) < 4.78 is 0. The van der Waals surface area contributed by atoms with Gasteiger partial charge in [0.05, 0.1) is 5.41 Å². The van der Waals surface area contributed by atoms with E-state index in [1.54, 1.807) is 0 Å². The van der Waals surface area contributed by atoms with Gasteiger partial charge in [-0.1, -0.05) is 13.8 Å². The molecule has 0 saturated carbocycles. The van der Waals surface area contributed by atoms with Crippen LogP contribution in [0.3, 0.4) is 0 Å². The first-order valence-electron chi connectivity index (χ1n) is 7.65. The Kier molecular flexibility index (Phi) is 4.65. The van der Waals surface area contributed by atoms with Crippen molar-refractivity contribution < 1.29 is 4.79 Å². The Labute approximate surface area is 126 Å². The number of aromatic nitrogens is 2. The van der Waals surface area contributed by atoms with E-state index in [4.69, 9.17) is 5.73 Å². The number of nitrogens with zero attached hydrogens (tertiary/aromatic N) is 3. The highest BCUT2D eigenvalue weighted by molar-refractivity contribution is 5.82. The van der Waals surface area contributed by atoms with Crippen LogP contribution in [0.2, 0.25) is 0 Å². The zero-order valence-electron chi connectivity index (χ0n) is 13.1. The van der Waals surface area contributed by atoms with Crippen LogP contribution in [0.15, 0.2) is 6.07 Å². The number of rotatable bonds is 6. The standard InChI is InChI=1S/C15H25N5O/c1-4-7-17-12-9-13(19-11(5-2)18-12)20-8-6-15(3,10-20)14(16)21/h9H,4-8,10H2,1-3H3,(H2,16,21)(H,17,18,19). The smallest absolute Gasteiger partial charge is 0.225 e. The minimum atomic E-state index is -0.464. The largest absolute Gasteiger partial charge is 0.370 e. The minimum absolute atomic E-state index is 0.237. The van der Waals surface area contributed by atoms with Crippen molar-refractivity contribution in [3.8, 4) is 0 Å². The van der Waals surface area contributed by atoms with Crippen LogP contribution in [0, 0.1) is 5.41 Å². The molecule has 21 heavy (non-hydrogen) atoms. The summed E-state index contributed by atoms with van der Waals surface area (Å²) in [6.45, 7) is 8.39. The van der Waals surface area contributed by atoms with Gasteiger partial charge in [-0.15, -0.1) is 0 Å². The van der Waals surface area contributed by atoms with Crippen LogP contribution >= 0.6 is 0 Å². The summed E-state index contributed by atoms with van der Waals surface area (Å²) in [7, 11) is 0. The molecule has 0 aromatic carbocycles. The summed E-state index contributed by atoms with van der Waals surface area (Å²) in [5.41, 5.74) is 5.05. The molecule has 1 unspecified atom stereocenters. The summed E-state index contributed by atoms with van der Waals surface area (Å²) in [6.07, 6.45) is 2.60. The third kappa shape index (κ3) is 3.43. The first-order chi connectivity index (χ1) is 9.98. The van der Waals surface area contributed by atoms with E-state index in [1.165, 1.54) is 0 Å². The SMILES string of the molecule is CCCNc1cc(N2CCC(C)(C(N)=O)C2)nc(CC)n1. The van der Waals surface area contributed by atoms with Crippen LogP contribution < -0.4 is 16.0 Å². The topological polar surface area (TPSA) is 84.1 Å². The Morgan fingerprint density at radius 3 is 2.81 bits per heavy atom. The van der Waals surface area contributed by atoms with Crippen molar-refractivity contribution in [1.82, 2.24) is 9.97 Å². The van der Waals surface area contributed by atoms with Crippen molar-refractivity contribution in [2.45, 2.75) is 40.0 Å². The molecule has 1 aliphatic heterocycles. The lowest BCUT2D eigenvalue weighted by Crippen LogP contribution is -2.37. The van der Waals surface area contributed by atoms with E-state index in [9.17, 15) is 4.79 Å². The molecule has 1 fully saturated rings. The second-order valence-corrected chi connectivity index (χ2v) is 5.90. The number of hydrogen-bond donors (Lipinski definition) is 2. The average molecular weight is 291 g/mol. The summed E-state index contributed by atoms with van der Waals surface area (Å²) >= 11 is 0. The number of primary amides is 1. The lowest BCUT2D eigenvalue weighted by atomic mass is 9.89. The van der Waals surface area contributed by atoms with Gasteiger partial charge in [0, 0.05) is 32.1 Å². The summed E-state index contributed by atoms with van der Waals surface area (Å²) in [6, 6.07) is 1.96. The summed E-state index contributed by atoms with van der Waals surface area (Å²) in [5, 5.41) is 3.31. The maximum atomic E-state index is 11.6. The highest BCUT2D eigenvalue weighted by atomic mass is 16.1. The molecule has 1 aliphatic rings. The molecule has 6 nitrogen and oxygen atoms in total. The first-order valence-corrected chi connectivity index (χ1v) is 7.65. The lowest BCUT2D eigenvalue weighted by Gasteiger charge is -2.22. The van der Waals surface area contributed by atoms with Crippen LogP contribution in [0.1, 0.15) is 39.4 Å². The van der Waals surface area contributed by atoms with Crippen LogP contribution in [-0.2, 0) is 11.2 Å². The third-order valence-corrected chi connectivity index (χ3v) is 4.02. The van der Waals surface area contributed by atoms with E-state index in [2.05, 4.69) is 27.1 Å². The minimum Gasteiger partial charge on any atom is -0.370 e. The van der Waals surface area contributed by atoms with E-state index in [1.807, 2.05) is 19.9 Å².